The zero-order valence-corrected chi connectivity index (χ0v) is 25.8. The molecule has 11 heteroatoms. The van der Waals surface area contributed by atoms with Crippen molar-refractivity contribution in [3.63, 3.8) is 0 Å². The minimum Gasteiger partial charge on any atom is -0.448 e. The molecule has 44 heavy (non-hydrogen) atoms. The Morgan fingerprint density at radius 3 is 2.00 bits per heavy atom. The number of aromatic nitrogens is 2. The van der Waals surface area contributed by atoms with Gasteiger partial charge in [-0.3, -0.25) is 9.47 Å². The number of thiophene rings is 1. The normalized spacial score (nSPS) is 14.3. The second kappa shape index (κ2) is 13.2. The van der Waals surface area contributed by atoms with Crippen molar-refractivity contribution in [3.05, 3.63) is 124 Å². The Kier molecular flexibility index (Phi) is 8.96. The van der Waals surface area contributed by atoms with Crippen LogP contribution in [0.15, 0.2) is 111 Å². The lowest BCUT2D eigenvalue weighted by Crippen LogP contribution is -2.42. The van der Waals surface area contributed by atoms with Crippen molar-refractivity contribution in [1.29, 1.82) is 0 Å². The van der Waals surface area contributed by atoms with Crippen molar-refractivity contribution in [1.82, 2.24) is 18.3 Å². The van der Waals surface area contributed by atoms with Crippen LogP contribution in [0.2, 0.25) is 0 Å². The molecule has 6 rings (SSSR count). The summed E-state index contributed by atoms with van der Waals surface area (Å²) in [4.78, 5) is 30.6. The van der Waals surface area contributed by atoms with Crippen LogP contribution in [0.3, 0.4) is 0 Å². The number of carbonyl (C=O) groups excluding carboxylic acids is 1. The van der Waals surface area contributed by atoms with Crippen LogP contribution in [0.4, 0.5) is 4.79 Å². The quantitative estimate of drug-likeness (QED) is 0.200. The molecule has 0 radical (unpaired) electrons. The van der Waals surface area contributed by atoms with Crippen LogP contribution in [-0.4, -0.2) is 59.1 Å². The number of hydrogen-bond donors (Lipinski definition) is 0. The van der Waals surface area contributed by atoms with E-state index >= 15 is 0 Å². The van der Waals surface area contributed by atoms with Crippen molar-refractivity contribution < 1.29 is 17.9 Å². The molecule has 1 amide bonds. The van der Waals surface area contributed by atoms with Gasteiger partial charge in [-0.1, -0.05) is 78.9 Å². The minimum atomic E-state index is -4.04. The number of piperidine rings is 1. The number of imidazole rings is 1. The molecule has 0 bridgehead atoms. The van der Waals surface area contributed by atoms with Gasteiger partial charge in [-0.2, -0.15) is 12.4 Å². The van der Waals surface area contributed by atoms with E-state index in [1.54, 1.807) is 45.2 Å². The second-order valence-corrected chi connectivity index (χ2v) is 13.8. The van der Waals surface area contributed by atoms with Gasteiger partial charge in [0.2, 0.25) is 0 Å². The zero-order chi connectivity index (χ0) is 30.5. The molecule has 0 unspecified atom stereocenters. The van der Waals surface area contributed by atoms with Crippen molar-refractivity contribution >= 4 is 38.5 Å². The summed E-state index contributed by atoms with van der Waals surface area (Å²) in [5.74, 6) is 0. The summed E-state index contributed by atoms with van der Waals surface area (Å²) in [7, 11) is -4.04. The van der Waals surface area contributed by atoms with E-state index in [-0.39, 0.29) is 23.0 Å². The van der Waals surface area contributed by atoms with Gasteiger partial charge in [0, 0.05) is 38.8 Å². The number of nitrogens with zero attached hydrogens (tertiary/aromatic N) is 4. The smallest absolute Gasteiger partial charge is 0.409 e. The highest BCUT2D eigenvalue weighted by molar-refractivity contribution is 7.92. The van der Waals surface area contributed by atoms with Gasteiger partial charge >= 0.3 is 11.8 Å². The number of likely N-dealkylation sites (tertiary alicyclic amines) is 1. The number of ether oxygens (including phenoxy) is 1. The highest BCUT2D eigenvalue weighted by atomic mass is 32.2. The Morgan fingerprint density at radius 2 is 1.41 bits per heavy atom. The minimum absolute atomic E-state index is 0.117. The van der Waals surface area contributed by atoms with E-state index in [2.05, 4.69) is 29.2 Å². The van der Waals surface area contributed by atoms with Crippen LogP contribution in [0.5, 0.6) is 0 Å². The van der Waals surface area contributed by atoms with Gasteiger partial charge in [0.1, 0.15) is 10.8 Å². The van der Waals surface area contributed by atoms with Crippen molar-refractivity contribution in [2.75, 3.05) is 26.2 Å². The summed E-state index contributed by atoms with van der Waals surface area (Å²) < 4.78 is 35.1. The maximum Gasteiger partial charge on any atom is 0.409 e. The molecule has 2 aromatic heterocycles. The molecule has 3 heterocycles. The number of benzene rings is 3. The maximum atomic E-state index is 13.7. The first-order valence-electron chi connectivity index (χ1n) is 14.6. The van der Waals surface area contributed by atoms with Gasteiger partial charge in [0.05, 0.1) is 11.0 Å². The molecule has 0 saturated carbocycles. The third-order valence-electron chi connectivity index (χ3n) is 7.95. The van der Waals surface area contributed by atoms with Gasteiger partial charge in [0.25, 0.3) is 10.0 Å². The summed E-state index contributed by atoms with van der Waals surface area (Å²) in [6.07, 6.45) is 0.643. The zero-order valence-electron chi connectivity index (χ0n) is 24.2. The first-order chi connectivity index (χ1) is 21.4. The SMILES string of the molecule is O=C(OCCN(Cc1ccccc1)Cc1ccccc1)N1CCC(n2c(=O)n(S(=O)(=O)c3cccs3)c3ccccc32)CC1. The van der Waals surface area contributed by atoms with E-state index < -0.39 is 15.7 Å². The van der Waals surface area contributed by atoms with E-state index in [1.165, 1.54) is 17.2 Å². The van der Waals surface area contributed by atoms with Crippen LogP contribution in [0, 0.1) is 0 Å². The number of para-hydroxylation sites is 2. The fraction of sp³-hybridized carbons (Fsp3) is 0.273. The molecule has 1 aliphatic heterocycles. The van der Waals surface area contributed by atoms with Crippen LogP contribution < -0.4 is 5.69 Å². The lowest BCUT2D eigenvalue weighted by molar-refractivity contribution is 0.0769. The van der Waals surface area contributed by atoms with E-state index in [1.807, 2.05) is 36.4 Å². The molecule has 1 aliphatic rings. The molecule has 0 N–H and O–H groups in total. The summed E-state index contributed by atoms with van der Waals surface area (Å²) in [6, 6.07) is 30.3. The maximum absolute atomic E-state index is 13.7. The van der Waals surface area contributed by atoms with E-state index in [0.717, 1.165) is 28.4 Å². The fourth-order valence-electron chi connectivity index (χ4n) is 5.79. The third-order valence-corrected chi connectivity index (χ3v) is 11.0. The van der Waals surface area contributed by atoms with Crippen LogP contribution in [-0.2, 0) is 27.8 Å². The van der Waals surface area contributed by atoms with Crippen molar-refractivity contribution in [3.8, 4) is 0 Å². The average molecular weight is 631 g/mol. The molecule has 0 atom stereocenters. The Hall–Kier alpha value is -4.19. The Morgan fingerprint density at radius 1 is 0.818 bits per heavy atom. The highest BCUT2D eigenvalue weighted by Gasteiger charge is 2.31. The fourth-order valence-corrected chi connectivity index (χ4v) is 8.25. The van der Waals surface area contributed by atoms with Crippen LogP contribution in [0.1, 0.15) is 30.0 Å². The largest absolute Gasteiger partial charge is 0.448 e. The third kappa shape index (κ3) is 6.35. The van der Waals surface area contributed by atoms with Crippen LogP contribution >= 0.6 is 11.3 Å². The van der Waals surface area contributed by atoms with Gasteiger partial charge in [-0.05, 0) is 47.5 Å². The Balaban J connectivity index is 1.10. The number of carbonyl (C=O) groups is 1. The molecular formula is C33H34N4O5S2. The highest BCUT2D eigenvalue weighted by Crippen LogP contribution is 2.28. The molecule has 3 aromatic carbocycles. The summed E-state index contributed by atoms with van der Waals surface area (Å²) in [5.41, 5.74) is 2.71. The van der Waals surface area contributed by atoms with Crippen molar-refractivity contribution in [2.24, 2.45) is 0 Å². The standard InChI is InChI=1S/C33H34N4O5S2/c38-32-36(29-14-7-8-15-30(29)37(32)44(40,41)31-16-9-23-43-31)28-17-19-35(20-18-28)33(39)42-22-21-34(24-26-10-3-1-4-11-26)25-27-12-5-2-6-13-27/h1-16,23,28H,17-22,24-25H2. The lowest BCUT2D eigenvalue weighted by Gasteiger charge is -2.32. The van der Waals surface area contributed by atoms with Gasteiger partial charge in [-0.25, -0.2) is 9.59 Å². The number of fused-ring (bicyclic) bond motifs is 1. The van der Waals surface area contributed by atoms with Gasteiger partial charge in [0.15, 0.2) is 0 Å². The molecule has 9 nitrogen and oxygen atoms in total. The number of hydrogen-bond acceptors (Lipinski definition) is 7. The summed E-state index contributed by atoms with van der Waals surface area (Å²) in [6.45, 7) is 3.13. The predicted octanol–water partition coefficient (Wildman–Crippen LogP) is 5.58. The second-order valence-electron chi connectivity index (χ2n) is 10.9. The predicted molar refractivity (Wildman–Crippen MR) is 171 cm³/mol. The topological polar surface area (TPSA) is 93.8 Å². The molecule has 5 aromatic rings. The Labute approximate surface area is 260 Å². The van der Waals surface area contributed by atoms with Gasteiger partial charge < -0.3 is 9.64 Å². The summed E-state index contributed by atoms with van der Waals surface area (Å²) >= 11 is 1.08. The molecule has 1 fully saturated rings. The number of amides is 1. The molecular weight excluding hydrogens is 597 g/mol. The molecule has 1 saturated heterocycles. The van der Waals surface area contributed by atoms with Gasteiger partial charge in [-0.15, -0.1) is 11.3 Å². The molecule has 228 valence electrons. The summed E-state index contributed by atoms with van der Waals surface area (Å²) in [5, 5.41) is 1.68. The molecule has 0 aliphatic carbocycles. The monoisotopic (exact) mass is 630 g/mol. The van der Waals surface area contributed by atoms with E-state index in [9.17, 15) is 18.0 Å². The Bertz CT molecular complexity index is 1820. The van der Waals surface area contributed by atoms with E-state index in [0.29, 0.717) is 43.5 Å². The van der Waals surface area contributed by atoms with Crippen LogP contribution in [0.25, 0.3) is 11.0 Å². The molecule has 0 spiro atoms. The lowest BCUT2D eigenvalue weighted by atomic mass is 10.0. The van der Waals surface area contributed by atoms with Crippen molar-refractivity contribution in [2.45, 2.75) is 36.2 Å². The number of rotatable bonds is 10. The van der Waals surface area contributed by atoms with E-state index in [4.69, 9.17) is 4.74 Å². The average Bonchev–Trinajstić information content (AvgIpc) is 3.69. The first-order valence-corrected chi connectivity index (χ1v) is 17.0. The first kappa shape index (κ1) is 29.9.